The number of carbonyl (C=O) groups excluding carboxylic acids is 4. The molecule has 17 nitrogen and oxygen atoms in total. The minimum atomic E-state index is -4.97. The molecule has 19 heteroatoms. The van der Waals surface area contributed by atoms with Gasteiger partial charge in [0.25, 0.3) is 0 Å². The Morgan fingerprint density at radius 1 is 0.257 bits per heavy atom. The van der Waals surface area contributed by atoms with E-state index in [1.54, 1.807) is 0 Å². The second kappa shape index (κ2) is 85.1. The number of unbranched alkanes of at least 4 members (excludes halogenated alkanes) is 62. The summed E-state index contributed by atoms with van der Waals surface area (Å²) in [5, 5.41) is 10.7. The lowest BCUT2D eigenvalue weighted by Gasteiger charge is -2.21. The monoisotopic (exact) mass is 1650 g/mol. The minimum absolute atomic E-state index is 0.109. The quantitative estimate of drug-likeness (QED) is 0.0222. The van der Waals surface area contributed by atoms with E-state index in [2.05, 4.69) is 41.5 Å². The van der Waals surface area contributed by atoms with Crippen LogP contribution in [0.15, 0.2) is 0 Å². The Bertz CT molecular complexity index is 2150. The molecule has 672 valence electrons. The molecule has 0 spiro atoms. The zero-order valence-electron chi connectivity index (χ0n) is 74.7. The smallest absolute Gasteiger partial charge is 0.462 e. The van der Waals surface area contributed by atoms with Crippen LogP contribution in [0.2, 0.25) is 0 Å². The molecule has 0 amide bonds. The first-order valence-electron chi connectivity index (χ1n) is 48.5. The van der Waals surface area contributed by atoms with Crippen molar-refractivity contribution in [3.63, 3.8) is 0 Å². The van der Waals surface area contributed by atoms with Gasteiger partial charge in [0.2, 0.25) is 0 Å². The van der Waals surface area contributed by atoms with Gasteiger partial charge in [-0.25, -0.2) is 9.13 Å². The summed E-state index contributed by atoms with van der Waals surface area (Å²) in [6, 6.07) is 0. The Kier molecular flexibility index (Phi) is 83.6. The molecular formula is C94H184O17P2. The van der Waals surface area contributed by atoms with Crippen LogP contribution in [0, 0.1) is 11.8 Å². The summed E-state index contributed by atoms with van der Waals surface area (Å²) >= 11 is 0. The third-order valence-electron chi connectivity index (χ3n) is 22.6. The minimum Gasteiger partial charge on any atom is -0.462 e. The molecule has 0 aromatic carbocycles. The second-order valence-corrected chi connectivity index (χ2v) is 37.4. The summed E-state index contributed by atoms with van der Waals surface area (Å²) in [5.41, 5.74) is 0. The van der Waals surface area contributed by atoms with E-state index in [1.165, 1.54) is 327 Å². The molecule has 0 rings (SSSR count). The number of carbonyl (C=O) groups is 4. The summed E-state index contributed by atoms with van der Waals surface area (Å²) in [6.07, 6.45) is 80.5. The van der Waals surface area contributed by atoms with Crippen LogP contribution in [-0.2, 0) is 65.4 Å². The van der Waals surface area contributed by atoms with Crippen LogP contribution < -0.4 is 0 Å². The lowest BCUT2D eigenvalue weighted by Crippen LogP contribution is -2.30. The fourth-order valence-corrected chi connectivity index (χ4v) is 16.4. The fraction of sp³-hybridized carbons (Fsp3) is 0.957. The molecule has 6 atom stereocenters. The highest BCUT2D eigenvalue weighted by Gasteiger charge is 2.31. The van der Waals surface area contributed by atoms with Crippen molar-refractivity contribution in [2.45, 2.75) is 529 Å². The van der Waals surface area contributed by atoms with Crippen LogP contribution in [0.25, 0.3) is 0 Å². The molecule has 0 saturated heterocycles. The molecule has 3 unspecified atom stereocenters. The zero-order valence-corrected chi connectivity index (χ0v) is 76.5. The van der Waals surface area contributed by atoms with Crippen LogP contribution in [-0.4, -0.2) is 96.7 Å². The SMILES string of the molecule is CCCCCCCCCCCCCCCCCCCCCCC(=O)OC[C@H](COP(=O)(O)OC[C@@H](O)COP(=O)(O)OC[C@@H](COC(=O)CCCCCCCCCCCCCCC)OC(=O)CCCCCCCCCCCCCCCCCC(C)C)OC(=O)CCCCCCCCCCCCCCCCCCCCC(C)CC. The van der Waals surface area contributed by atoms with Crippen LogP contribution in [0.4, 0.5) is 0 Å². The molecule has 0 saturated carbocycles. The van der Waals surface area contributed by atoms with Crippen molar-refractivity contribution in [2.75, 3.05) is 39.6 Å². The largest absolute Gasteiger partial charge is 0.472 e. The molecule has 0 heterocycles. The van der Waals surface area contributed by atoms with Crippen LogP contribution in [0.1, 0.15) is 510 Å². The van der Waals surface area contributed by atoms with Gasteiger partial charge in [0.15, 0.2) is 12.2 Å². The van der Waals surface area contributed by atoms with E-state index in [0.29, 0.717) is 25.7 Å². The van der Waals surface area contributed by atoms with Gasteiger partial charge >= 0.3 is 39.5 Å². The number of aliphatic hydroxyl groups excluding tert-OH is 1. The van der Waals surface area contributed by atoms with E-state index in [-0.39, 0.29) is 25.7 Å². The van der Waals surface area contributed by atoms with Gasteiger partial charge in [-0.2, -0.15) is 0 Å². The Morgan fingerprint density at radius 3 is 0.673 bits per heavy atom. The maximum atomic E-state index is 13.2. The number of aliphatic hydroxyl groups is 1. The van der Waals surface area contributed by atoms with Gasteiger partial charge in [0, 0.05) is 25.7 Å². The number of rotatable bonds is 93. The molecular weight excluding hydrogens is 1460 g/mol. The molecule has 0 aromatic heterocycles. The lowest BCUT2D eigenvalue weighted by atomic mass is 9.99. The molecule has 113 heavy (non-hydrogen) atoms. The van der Waals surface area contributed by atoms with Gasteiger partial charge in [-0.15, -0.1) is 0 Å². The number of phosphoric acid groups is 2. The first kappa shape index (κ1) is 111. The van der Waals surface area contributed by atoms with E-state index in [9.17, 15) is 43.2 Å². The second-order valence-electron chi connectivity index (χ2n) is 34.5. The van der Waals surface area contributed by atoms with Crippen molar-refractivity contribution >= 4 is 39.5 Å². The third-order valence-corrected chi connectivity index (χ3v) is 24.5. The first-order chi connectivity index (χ1) is 54.9. The first-order valence-corrected chi connectivity index (χ1v) is 51.5. The van der Waals surface area contributed by atoms with Gasteiger partial charge in [-0.3, -0.25) is 37.3 Å². The number of esters is 4. The summed E-state index contributed by atoms with van der Waals surface area (Å²) in [6.45, 7) is 9.82. The van der Waals surface area contributed by atoms with Crippen LogP contribution >= 0.6 is 15.6 Å². The maximum Gasteiger partial charge on any atom is 0.472 e. The van der Waals surface area contributed by atoms with E-state index in [0.717, 1.165) is 102 Å². The highest BCUT2D eigenvalue weighted by Crippen LogP contribution is 2.45. The van der Waals surface area contributed by atoms with Crippen molar-refractivity contribution in [2.24, 2.45) is 11.8 Å². The number of phosphoric ester groups is 2. The Balaban J connectivity index is 5.26. The van der Waals surface area contributed by atoms with Gasteiger partial charge in [-0.05, 0) is 37.5 Å². The average molecular weight is 1650 g/mol. The highest BCUT2D eigenvalue weighted by atomic mass is 31.2. The Labute approximate surface area is 696 Å². The van der Waals surface area contributed by atoms with Crippen LogP contribution in [0.5, 0.6) is 0 Å². The Morgan fingerprint density at radius 2 is 0.451 bits per heavy atom. The molecule has 0 aliphatic rings. The molecule has 0 bridgehead atoms. The molecule has 0 aromatic rings. The predicted molar refractivity (Wildman–Crippen MR) is 469 cm³/mol. The maximum absolute atomic E-state index is 13.2. The van der Waals surface area contributed by atoms with Gasteiger partial charge in [0.05, 0.1) is 26.4 Å². The lowest BCUT2D eigenvalue weighted by molar-refractivity contribution is -0.161. The topological polar surface area (TPSA) is 237 Å². The van der Waals surface area contributed by atoms with Crippen LogP contribution in [0.3, 0.4) is 0 Å². The van der Waals surface area contributed by atoms with E-state index in [1.807, 2.05) is 0 Å². The van der Waals surface area contributed by atoms with E-state index >= 15 is 0 Å². The van der Waals surface area contributed by atoms with Crippen molar-refractivity contribution < 1.29 is 80.2 Å². The summed E-state index contributed by atoms with van der Waals surface area (Å²) in [5.74, 6) is -0.417. The van der Waals surface area contributed by atoms with E-state index < -0.39 is 97.5 Å². The van der Waals surface area contributed by atoms with Crippen molar-refractivity contribution in [3.05, 3.63) is 0 Å². The highest BCUT2D eigenvalue weighted by molar-refractivity contribution is 7.47. The van der Waals surface area contributed by atoms with Crippen molar-refractivity contribution in [3.8, 4) is 0 Å². The third kappa shape index (κ3) is 86.3. The van der Waals surface area contributed by atoms with Gasteiger partial charge < -0.3 is 33.8 Å². The van der Waals surface area contributed by atoms with Crippen molar-refractivity contribution in [1.29, 1.82) is 0 Å². The summed E-state index contributed by atoms with van der Waals surface area (Å²) in [4.78, 5) is 73.5. The number of hydrogen-bond donors (Lipinski definition) is 3. The van der Waals surface area contributed by atoms with Crippen molar-refractivity contribution in [1.82, 2.24) is 0 Å². The summed E-state index contributed by atoms with van der Waals surface area (Å²) < 4.78 is 69.2. The van der Waals surface area contributed by atoms with E-state index in [4.69, 9.17) is 37.0 Å². The average Bonchev–Trinajstić information content (AvgIpc) is 0.922. The number of hydrogen-bond acceptors (Lipinski definition) is 15. The molecule has 0 aliphatic heterocycles. The number of ether oxygens (including phenoxy) is 4. The molecule has 3 N–H and O–H groups in total. The standard InChI is InChI=1S/C94H184O17P2/c1-7-10-12-14-16-18-20-22-23-24-25-26-30-35-41-47-53-59-65-71-77-92(97)105-83-90(111-93(98)78-72-66-60-54-48-42-36-31-28-27-29-34-40-45-51-57-63-69-75-87(6)9-3)85-109-113(102,103)107-81-88(95)80-106-112(100,101)108-84-89(82-104-91(96)76-70-64-58-52-46-38-21-19-17-15-13-11-8-2)110-94(99)79-73-67-61-55-49-43-37-32-33-39-44-50-56-62-68-74-86(4)5/h86-90,95H,7-85H2,1-6H3,(H,100,101)(H,102,103)/t87?,88-,89+,90+/m0/s1. The molecule has 0 radical (unpaired) electrons. The Hall–Kier alpha value is -1.94. The fourth-order valence-electron chi connectivity index (χ4n) is 14.8. The van der Waals surface area contributed by atoms with Gasteiger partial charge in [0.1, 0.15) is 19.3 Å². The zero-order chi connectivity index (χ0) is 82.7. The molecule has 0 fully saturated rings. The summed E-state index contributed by atoms with van der Waals surface area (Å²) in [7, 11) is -9.94. The van der Waals surface area contributed by atoms with Gasteiger partial charge in [-0.1, -0.05) is 459 Å². The normalized spacial score (nSPS) is 13.9. The molecule has 0 aliphatic carbocycles. The predicted octanol–water partition coefficient (Wildman–Crippen LogP) is 29.4.